The molecule has 0 aliphatic rings. The second-order valence-corrected chi connectivity index (χ2v) is 4.57. The normalized spacial score (nSPS) is 12.2. The molecular formula is C13H20N4O. The van der Waals surface area contributed by atoms with E-state index >= 15 is 0 Å². The van der Waals surface area contributed by atoms with Gasteiger partial charge < -0.3 is 10.4 Å². The molecule has 0 spiro atoms. The van der Waals surface area contributed by atoms with Gasteiger partial charge in [-0.2, -0.15) is 0 Å². The van der Waals surface area contributed by atoms with E-state index in [0.717, 1.165) is 18.5 Å². The van der Waals surface area contributed by atoms with Gasteiger partial charge in [0.2, 0.25) is 5.78 Å². The van der Waals surface area contributed by atoms with Crippen molar-refractivity contribution in [3.05, 3.63) is 30.4 Å². The van der Waals surface area contributed by atoms with Gasteiger partial charge in [0.05, 0.1) is 17.5 Å². The lowest BCUT2D eigenvalue weighted by atomic mass is 9.98. The molecule has 0 aliphatic heterocycles. The van der Waals surface area contributed by atoms with Gasteiger partial charge in [-0.1, -0.05) is 13.8 Å². The van der Waals surface area contributed by atoms with Crippen molar-refractivity contribution >= 4 is 5.78 Å². The predicted molar refractivity (Wildman–Crippen MR) is 70.2 cm³/mol. The van der Waals surface area contributed by atoms with E-state index in [1.54, 1.807) is 6.20 Å². The lowest BCUT2D eigenvalue weighted by Gasteiger charge is -2.25. The molecule has 2 heterocycles. The number of hydrogen-bond acceptors (Lipinski definition) is 4. The van der Waals surface area contributed by atoms with Crippen LogP contribution in [0, 0.1) is 0 Å². The van der Waals surface area contributed by atoms with Gasteiger partial charge in [-0.3, -0.25) is 4.40 Å². The van der Waals surface area contributed by atoms with Crippen molar-refractivity contribution in [2.45, 2.75) is 38.8 Å². The van der Waals surface area contributed by atoms with Crippen molar-refractivity contribution in [1.82, 2.24) is 19.7 Å². The van der Waals surface area contributed by atoms with Crippen LogP contribution in [0.25, 0.3) is 5.78 Å². The Morgan fingerprint density at radius 2 is 2.11 bits per heavy atom. The minimum Gasteiger partial charge on any atom is -0.389 e. The molecule has 0 saturated heterocycles. The first-order valence-corrected chi connectivity index (χ1v) is 6.38. The van der Waals surface area contributed by atoms with Gasteiger partial charge in [-0.05, 0) is 18.9 Å². The molecule has 0 bridgehead atoms. The van der Waals surface area contributed by atoms with Crippen LogP contribution in [0.2, 0.25) is 0 Å². The summed E-state index contributed by atoms with van der Waals surface area (Å²) in [6, 6.07) is 1.88. The minimum atomic E-state index is -0.612. The second kappa shape index (κ2) is 5.46. The van der Waals surface area contributed by atoms with Crippen molar-refractivity contribution in [3.63, 3.8) is 0 Å². The van der Waals surface area contributed by atoms with Gasteiger partial charge in [0, 0.05) is 25.5 Å². The van der Waals surface area contributed by atoms with Crippen LogP contribution in [0.3, 0.4) is 0 Å². The molecular weight excluding hydrogens is 228 g/mol. The first kappa shape index (κ1) is 13.0. The molecule has 0 atom stereocenters. The van der Waals surface area contributed by atoms with Crippen LogP contribution in [0.4, 0.5) is 0 Å². The molecule has 2 aromatic heterocycles. The van der Waals surface area contributed by atoms with Crippen LogP contribution in [0.1, 0.15) is 32.4 Å². The molecule has 18 heavy (non-hydrogen) atoms. The number of hydrogen-bond donors (Lipinski definition) is 2. The molecule has 2 aromatic rings. The molecule has 2 N–H and O–H groups in total. The maximum Gasteiger partial charge on any atom is 0.233 e. The first-order chi connectivity index (χ1) is 8.68. The van der Waals surface area contributed by atoms with E-state index in [2.05, 4.69) is 15.3 Å². The minimum absolute atomic E-state index is 0.591. The highest BCUT2D eigenvalue weighted by molar-refractivity contribution is 5.30. The van der Waals surface area contributed by atoms with Gasteiger partial charge in [-0.15, -0.1) is 0 Å². The van der Waals surface area contributed by atoms with Crippen LogP contribution in [-0.2, 0) is 6.54 Å². The highest BCUT2D eigenvalue weighted by Crippen LogP contribution is 2.13. The van der Waals surface area contributed by atoms with Gasteiger partial charge in [0.1, 0.15) is 0 Å². The van der Waals surface area contributed by atoms with Gasteiger partial charge >= 0.3 is 0 Å². The molecule has 0 fully saturated rings. The van der Waals surface area contributed by atoms with Crippen LogP contribution >= 0.6 is 0 Å². The van der Waals surface area contributed by atoms with Gasteiger partial charge in [-0.25, -0.2) is 9.97 Å². The number of rotatable bonds is 6. The SMILES string of the molecule is CCC(O)(CC)CNCc1cnc2ncccn12. The monoisotopic (exact) mass is 248 g/mol. The van der Waals surface area contributed by atoms with Crippen LogP contribution < -0.4 is 5.32 Å². The van der Waals surface area contributed by atoms with E-state index in [1.807, 2.05) is 36.7 Å². The standard InChI is InChI=1S/C13H20N4O/c1-3-13(18,4-2)10-14-8-11-9-16-12-15-6-5-7-17(11)12/h5-7,9,14,18H,3-4,8,10H2,1-2H3. The van der Waals surface area contributed by atoms with Crippen LogP contribution in [0.5, 0.6) is 0 Å². The summed E-state index contributed by atoms with van der Waals surface area (Å²) >= 11 is 0. The zero-order valence-corrected chi connectivity index (χ0v) is 10.9. The highest BCUT2D eigenvalue weighted by Gasteiger charge is 2.21. The molecule has 0 unspecified atom stereocenters. The maximum atomic E-state index is 10.2. The van der Waals surface area contributed by atoms with Crippen molar-refractivity contribution in [3.8, 4) is 0 Å². The summed E-state index contributed by atoms with van der Waals surface area (Å²) in [5, 5.41) is 13.5. The van der Waals surface area contributed by atoms with E-state index in [1.165, 1.54) is 0 Å². The highest BCUT2D eigenvalue weighted by atomic mass is 16.3. The van der Waals surface area contributed by atoms with E-state index in [4.69, 9.17) is 0 Å². The van der Waals surface area contributed by atoms with E-state index in [0.29, 0.717) is 18.9 Å². The second-order valence-electron chi connectivity index (χ2n) is 4.57. The first-order valence-electron chi connectivity index (χ1n) is 6.38. The quantitative estimate of drug-likeness (QED) is 0.810. The Hall–Kier alpha value is -1.46. The molecule has 98 valence electrons. The van der Waals surface area contributed by atoms with Crippen LogP contribution in [-0.4, -0.2) is 31.6 Å². The summed E-state index contributed by atoms with van der Waals surface area (Å²) in [6.45, 7) is 5.27. The van der Waals surface area contributed by atoms with Crippen molar-refractivity contribution < 1.29 is 5.11 Å². The fourth-order valence-corrected chi connectivity index (χ4v) is 1.93. The topological polar surface area (TPSA) is 62.5 Å². The van der Waals surface area contributed by atoms with E-state index < -0.39 is 5.60 Å². The molecule has 0 aromatic carbocycles. The Balaban J connectivity index is 1.98. The molecule has 0 saturated carbocycles. The smallest absolute Gasteiger partial charge is 0.233 e. The third kappa shape index (κ3) is 2.68. The Kier molecular flexibility index (Phi) is 3.93. The molecule has 2 rings (SSSR count). The fraction of sp³-hybridized carbons (Fsp3) is 0.538. The number of nitrogens with one attached hydrogen (secondary N) is 1. The largest absolute Gasteiger partial charge is 0.389 e. The number of nitrogens with zero attached hydrogens (tertiary/aromatic N) is 3. The number of fused-ring (bicyclic) bond motifs is 1. The number of aliphatic hydroxyl groups is 1. The summed E-state index contributed by atoms with van der Waals surface area (Å²) in [5.41, 5.74) is 0.436. The predicted octanol–water partition coefficient (Wildman–Crippen LogP) is 1.37. The zero-order valence-electron chi connectivity index (χ0n) is 10.9. The van der Waals surface area contributed by atoms with Crippen molar-refractivity contribution in [2.24, 2.45) is 0 Å². The molecule has 0 radical (unpaired) electrons. The Labute approximate surface area is 107 Å². The summed E-state index contributed by atoms with van der Waals surface area (Å²) in [4.78, 5) is 8.39. The summed E-state index contributed by atoms with van der Waals surface area (Å²) in [5.74, 6) is 0.704. The number of imidazole rings is 1. The average molecular weight is 248 g/mol. The lowest BCUT2D eigenvalue weighted by Crippen LogP contribution is -2.39. The summed E-state index contributed by atoms with van der Waals surface area (Å²) in [7, 11) is 0. The van der Waals surface area contributed by atoms with Gasteiger partial charge in [0.25, 0.3) is 0 Å². The number of aromatic nitrogens is 3. The Bertz CT molecular complexity index is 504. The lowest BCUT2D eigenvalue weighted by molar-refractivity contribution is 0.0322. The molecule has 5 nitrogen and oxygen atoms in total. The maximum absolute atomic E-state index is 10.2. The summed E-state index contributed by atoms with van der Waals surface area (Å²) < 4.78 is 1.95. The Morgan fingerprint density at radius 3 is 2.83 bits per heavy atom. The van der Waals surface area contributed by atoms with E-state index in [-0.39, 0.29) is 0 Å². The van der Waals surface area contributed by atoms with Crippen molar-refractivity contribution in [1.29, 1.82) is 0 Å². The zero-order chi connectivity index (χ0) is 13.0. The third-order valence-corrected chi connectivity index (χ3v) is 3.44. The Morgan fingerprint density at radius 1 is 1.33 bits per heavy atom. The average Bonchev–Trinajstić information content (AvgIpc) is 2.82. The summed E-state index contributed by atoms with van der Waals surface area (Å²) in [6.07, 6.45) is 6.99. The fourth-order valence-electron chi connectivity index (χ4n) is 1.93. The van der Waals surface area contributed by atoms with Gasteiger partial charge in [0.15, 0.2) is 0 Å². The van der Waals surface area contributed by atoms with Crippen LogP contribution in [0.15, 0.2) is 24.7 Å². The third-order valence-electron chi connectivity index (χ3n) is 3.44. The molecule has 5 heteroatoms. The van der Waals surface area contributed by atoms with Crippen molar-refractivity contribution in [2.75, 3.05) is 6.54 Å². The molecule has 0 amide bonds. The van der Waals surface area contributed by atoms with E-state index in [9.17, 15) is 5.11 Å². The molecule has 0 aliphatic carbocycles.